The number of sulfonamides is 1. The minimum absolute atomic E-state index is 0.220. The quantitative estimate of drug-likeness (QED) is 0.696. The largest absolute Gasteiger partial charge is 0.483 e. The summed E-state index contributed by atoms with van der Waals surface area (Å²) in [5, 5.41) is 0. The van der Waals surface area contributed by atoms with Gasteiger partial charge >= 0.3 is 0 Å². The molecule has 0 bridgehead atoms. The third-order valence-corrected chi connectivity index (χ3v) is 7.93. The van der Waals surface area contributed by atoms with Crippen molar-refractivity contribution in [1.82, 2.24) is 9.21 Å². The number of rotatable bonds is 5. The Morgan fingerprint density at radius 1 is 1.06 bits per heavy atom. The topological polar surface area (TPSA) is 77.5 Å². The number of likely N-dealkylation sites (tertiary alicyclic amines) is 1. The number of hydrogen-bond acceptors (Lipinski definition) is 7. The van der Waals surface area contributed by atoms with Crippen molar-refractivity contribution in [3.05, 3.63) is 48.0 Å². The summed E-state index contributed by atoms with van der Waals surface area (Å²) in [4.78, 5) is 2.52. The second kappa shape index (κ2) is 7.98. The summed E-state index contributed by atoms with van der Waals surface area (Å²) >= 11 is 0. The van der Waals surface area contributed by atoms with Crippen molar-refractivity contribution in [2.24, 2.45) is 0 Å². The monoisotopic (exact) mass is 446 g/mol. The van der Waals surface area contributed by atoms with Gasteiger partial charge in [-0.3, -0.25) is 4.90 Å². The fourth-order valence-corrected chi connectivity index (χ4v) is 6.14. The molecule has 166 valence electrons. The first kappa shape index (κ1) is 20.6. The molecule has 5 rings (SSSR count). The third-order valence-electron chi connectivity index (χ3n) is 6.04. The van der Waals surface area contributed by atoms with Gasteiger partial charge in [0.05, 0.1) is 13.2 Å². The Morgan fingerprint density at radius 2 is 1.90 bits per heavy atom. The fourth-order valence-electron chi connectivity index (χ4n) is 4.52. The summed E-state index contributed by atoms with van der Waals surface area (Å²) in [7, 11) is -2.08. The maximum Gasteiger partial charge on any atom is 0.246 e. The van der Waals surface area contributed by atoms with E-state index in [1.807, 2.05) is 24.3 Å². The van der Waals surface area contributed by atoms with Crippen molar-refractivity contribution in [3.63, 3.8) is 0 Å². The Balaban J connectivity index is 1.40. The molecule has 3 aliphatic heterocycles. The summed E-state index contributed by atoms with van der Waals surface area (Å²) in [6, 6.07) is 12.9. The van der Waals surface area contributed by atoms with E-state index in [0.29, 0.717) is 32.0 Å². The molecule has 0 aliphatic carbocycles. The molecule has 31 heavy (non-hydrogen) atoms. The van der Waals surface area contributed by atoms with Crippen LogP contribution in [0.5, 0.6) is 17.2 Å². The molecule has 2 aromatic carbocycles. The number of hydrogen-bond donors (Lipinski definition) is 0. The van der Waals surface area contributed by atoms with Gasteiger partial charge in [-0.1, -0.05) is 18.2 Å². The molecule has 0 radical (unpaired) electrons. The fraction of sp³-hybridized carbons (Fsp3) is 0.455. The molecule has 1 fully saturated rings. The lowest BCUT2D eigenvalue weighted by atomic mass is 10.0. The molecular weight excluding hydrogens is 420 g/mol. The molecule has 1 atom stereocenters. The SMILES string of the molecule is COCCN1CC2(CCN(Cc3ccc4c(c3)OCO4)C2)Oc2ccccc2S1(=O)=O. The molecular formula is C22H26N2O6S. The van der Waals surface area contributed by atoms with Gasteiger partial charge in [-0.2, -0.15) is 4.31 Å². The van der Waals surface area contributed by atoms with Crippen LogP contribution in [-0.4, -0.2) is 69.9 Å². The average molecular weight is 447 g/mol. The van der Waals surface area contributed by atoms with Crippen LogP contribution in [0.4, 0.5) is 0 Å². The standard InChI is InChI=1S/C22H26N2O6S/c1-27-11-10-24-15-22(30-19-4-2-3-5-21(19)31(24,25)26)8-9-23(14-22)13-17-6-7-18-20(12-17)29-16-28-18/h2-7,12H,8-11,13-16H2,1H3. The van der Waals surface area contributed by atoms with Gasteiger partial charge in [0.25, 0.3) is 0 Å². The highest BCUT2D eigenvalue weighted by molar-refractivity contribution is 7.89. The van der Waals surface area contributed by atoms with E-state index in [4.69, 9.17) is 18.9 Å². The predicted molar refractivity (Wildman–Crippen MR) is 113 cm³/mol. The van der Waals surface area contributed by atoms with Gasteiger partial charge in [0, 0.05) is 39.7 Å². The van der Waals surface area contributed by atoms with Crippen LogP contribution in [0.1, 0.15) is 12.0 Å². The molecule has 9 heteroatoms. The van der Waals surface area contributed by atoms with Crippen LogP contribution in [0, 0.1) is 0 Å². The first-order valence-corrected chi connectivity index (χ1v) is 11.8. The van der Waals surface area contributed by atoms with E-state index in [0.717, 1.165) is 36.6 Å². The number of para-hydroxylation sites is 1. The number of nitrogens with zero attached hydrogens (tertiary/aromatic N) is 2. The van der Waals surface area contributed by atoms with Crippen LogP contribution in [0.2, 0.25) is 0 Å². The first-order valence-electron chi connectivity index (χ1n) is 10.4. The maximum absolute atomic E-state index is 13.3. The highest BCUT2D eigenvalue weighted by atomic mass is 32.2. The lowest BCUT2D eigenvalue weighted by molar-refractivity contribution is 0.0533. The number of ether oxygens (including phenoxy) is 4. The van der Waals surface area contributed by atoms with Gasteiger partial charge in [0.2, 0.25) is 16.8 Å². The molecule has 1 saturated heterocycles. The predicted octanol–water partition coefficient (Wildman–Crippen LogP) is 2.09. The van der Waals surface area contributed by atoms with Crippen molar-refractivity contribution in [2.45, 2.75) is 23.5 Å². The summed E-state index contributed by atoms with van der Waals surface area (Å²) in [5.74, 6) is 1.96. The van der Waals surface area contributed by atoms with Crippen LogP contribution in [-0.2, 0) is 21.3 Å². The normalized spacial score (nSPS) is 24.7. The van der Waals surface area contributed by atoms with Crippen LogP contribution in [0.25, 0.3) is 0 Å². The molecule has 2 aromatic rings. The van der Waals surface area contributed by atoms with Crippen molar-refractivity contribution in [2.75, 3.05) is 46.7 Å². The van der Waals surface area contributed by atoms with E-state index in [2.05, 4.69) is 4.90 Å². The zero-order valence-corrected chi connectivity index (χ0v) is 18.3. The second-order valence-electron chi connectivity index (χ2n) is 8.21. The molecule has 3 aliphatic rings. The number of benzene rings is 2. The van der Waals surface area contributed by atoms with Crippen LogP contribution < -0.4 is 14.2 Å². The Kier molecular flexibility index (Phi) is 5.29. The first-order chi connectivity index (χ1) is 15.0. The molecule has 1 spiro atoms. The summed E-state index contributed by atoms with van der Waals surface area (Å²) in [5.41, 5.74) is 0.517. The molecule has 8 nitrogen and oxygen atoms in total. The van der Waals surface area contributed by atoms with Gasteiger partial charge in [0.15, 0.2) is 11.5 Å². The Morgan fingerprint density at radius 3 is 2.77 bits per heavy atom. The summed E-state index contributed by atoms with van der Waals surface area (Å²) in [6.07, 6.45) is 0.741. The maximum atomic E-state index is 13.3. The Hall–Kier alpha value is -2.33. The molecule has 0 aromatic heterocycles. The second-order valence-corrected chi connectivity index (χ2v) is 10.1. The van der Waals surface area contributed by atoms with E-state index in [1.165, 1.54) is 4.31 Å². The van der Waals surface area contributed by atoms with E-state index >= 15 is 0 Å². The molecule has 3 heterocycles. The van der Waals surface area contributed by atoms with Gasteiger partial charge in [-0.05, 0) is 29.8 Å². The Labute approximate surface area is 182 Å². The average Bonchev–Trinajstić information content (AvgIpc) is 3.36. The number of methoxy groups -OCH3 is 1. The van der Waals surface area contributed by atoms with E-state index in [-0.39, 0.29) is 11.7 Å². The van der Waals surface area contributed by atoms with Crippen LogP contribution in [0.3, 0.4) is 0 Å². The van der Waals surface area contributed by atoms with Gasteiger partial charge < -0.3 is 18.9 Å². The van der Waals surface area contributed by atoms with Gasteiger partial charge in [-0.15, -0.1) is 0 Å². The van der Waals surface area contributed by atoms with E-state index < -0.39 is 15.6 Å². The molecule has 0 saturated carbocycles. The van der Waals surface area contributed by atoms with Crippen molar-refractivity contribution >= 4 is 10.0 Å². The molecule has 0 amide bonds. The smallest absolute Gasteiger partial charge is 0.246 e. The van der Waals surface area contributed by atoms with Gasteiger partial charge in [-0.25, -0.2) is 8.42 Å². The lowest BCUT2D eigenvalue weighted by Crippen LogP contribution is -2.49. The summed E-state index contributed by atoms with van der Waals surface area (Å²) < 4.78 is 50.6. The zero-order chi connectivity index (χ0) is 21.5. The summed E-state index contributed by atoms with van der Waals surface area (Å²) in [6.45, 7) is 3.35. The van der Waals surface area contributed by atoms with Gasteiger partial charge in [0.1, 0.15) is 16.2 Å². The minimum Gasteiger partial charge on any atom is -0.483 e. The highest BCUT2D eigenvalue weighted by Gasteiger charge is 2.47. The van der Waals surface area contributed by atoms with Crippen molar-refractivity contribution in [1.29, 1.82) is 0 Å². The lowest BCUT2D eigenvalue weighted by Gasteiger charge is -2.32. The zero-order valence-electron chi connectivity index (χ0n) is 17.5. The third kappa shape index (κ3) is 3.87. The van der Waals surface area contributed by atoms with Crippen LogP contribution in [0.15, 0.2) is 47.4 Å². The van der Waals surface area contributed by atoms with Crippen molar-refractivity contribution in [3.8, 4) is 17.2 Å². The minimum atomic E-state index is -3.66. The van der Waals surface area contributed by atoms with E-state index in [1.54, 1.807) is 25.3 Å². The van der Waals surface area contributed by atoms with Crippen LogP contribution >= 0.6 is 0 Å². The Bertz CT molecular complexity index is 1080. The number of fused-ring (bicyclic) bond motifs is 2. The van der Waals surface area contributed by atoms with E-state index in [9.17, 15) is 8.42 Å². The molecule has 1 unspecified atom stereocenters. The highest BCUT2D eigenvalue weighted by Crippen LogP contribution is 2.39. The molecule has 0 N–H and O–H groups in total. The van der Waals surface area contributed by atoms with Crippen molar-refractivity contribution < 1.29 is 27.4 Å².